The minimum atomic E-state index is -1.10. The van der Waals surface area contributed by atoms with E-state index in [0.29, 0.717) is 5.56 Å². The smallest absolute Gasteiger partial charge is 0.289 e. The Labute approximate surface area is 212 Å². The molecule has 0 saturated heterocycles. The maximum atomic E-state index is 14.8. The maximum absolute atomic E-state index is 14.8. The summed E-state index contributed by atoms with van der Waals surface area (Å²) in [5.41, 5.74) is 1.56. The zero-order chi connectivity index (χ0) is 25.8. The van der Waals surface area contributed by atoms with Gasteiger partial charge in [-0.05, 0) is 30.5 Å². The molecule has 4 aromatic rings. The van der Waals surface area contributed by atoms with Gasteiger partial charge < -0.3 is 10.6 Å². The first kappa shape index (κ1) is 24.1. The summed E-state index contributed by atoms with van der Waals surface area (Å²) in [5.74, 6) is -2.57. The molecule has 186 valence electrons. The molecule has 1 saturated carbocycles. The van der Waals surface area contributed by atoms with Crippen molar-refractivity contribution >= 4 is 17.6 Å². The number of carbonyl (C=O) groups excluding carboxylic acids is 3. The van der Waals surface area contributed by atoms with Crippen LogP contribution in [0.3, 0.4) is 0 Å². The molecule has 1 aliphatic rings. The van der Waals surface area contributed by atoms with Crippen molar-refractivity contribution in [2.24, 2.45) is 0 Å². The zero-order valence-electron chi connectivity index (χ0n) is 19.8. The molecule has 0 radical (unpaired) electrons. The Balaban J connectivity index is 1.42. The Morgan fingerprint density at radius 2 is 1.68 bits per heavy atom. The number of hydrogen-bond acceptors (Lipinski definition) is 5. The second-order valence-corrected chi connectivity index (χ2v) is 8.84. The molecule has 1 atom stereocenters. The molecule has 2 N–H and O–H groups in total. The summed E-state index contributed by atoms with van der Waals surface area (Å²) in [4.78, 5) is 43.2. The predicted octanol–water partition coefficient (Wildman–Crippen LogP) is 3.26. The van der Waals surface area contributed by atoms with Gasteiger partial charge in [0.05, 0.1) is 11.8 Å². The Hall–Kier alpha value is -4.66. The lowest BCUT2D eigenvalue weighted by atomic mass is 10.0. The van der Waals surface area contributed by atoms with Gasteiger partial charge in [-0.3, -0.25) is 14.4 Å². The minimum Gasteiger partial charge on any atom is -0.347 e. The van der Waals surface area contributed by atoms with Crippen molar-refractivity contribution in [3.63, 3.8) is 0 Å². The molecular formula is C28H24FN5O3. The molecular weight excluding hydrogens is 473 g/mol. The number of benzene rings is 2. The molecule has 1 fully saturated rings. The van der Waals surface area contributed by atoms with Crippen LogP contribution in [0.4, 0.5) is 4.39 Å². The highest BCUT2D eigenvalue weighted by molar-refractivity contribution is 6.38. The highest BCUT2D eigenvalue weighted by Gasteiger charge is 2.32. The molecule has 0 aliphatic heterocycles. The van der Waals surface area contributed by atoms with Crippen molar-refractivity contribution in [2.75, 3.05) is 0 Å². The number of carbonyl (C=O) groups is 3. The van der Waals surface area contributed by atoms with Gasteiger partial charge in [-0.25, -0.2) is 14.1 Å². The van der Waals surface area contributed by atoms with E-state index in [1.807, 2.05) is 36.4 Å². The van der Waals surface area contributed by atoms with Crippen LogP contribution in [0.15, 0.2) is 85.2 Å². The van der Waals surface area contributed by atoms with Crippen LogP contribution in [0.1, 0.15) is 28.8 Å². The molecule has 5 rings (SSSR count). The van der Waals surface area contributed by atoms with Gasteiger partial charge in [0.15, 0.2) is 11.6 Å². The Bertz CT molecular complexity index is 1430. The van der Waals surface area contributed by atoms with Gasteiger partial charge in [-0.15, -0.1) is 0 Å². The number of ketones is 1. The van der Waals surface area contributed by atoms with Gasteiger partial charge in [0, 0.05) is 24.2 Å². The molecule has 2 heterocycles. The van der Waals surface area contributed by atoms with Crippen LogP contribution in [0.2, 0.25) is 0 Å². The summed E-state index contributed by atoms with van der Waals surface area (Å²) in [5, 5.41) is 9.69. The standard InChI is InChI=1S/C28H24FN5O3/c29-22-17-34(33-24(22)19-10-5-2-6-11-19)26-21(12-7-15-30-26)27(36)32-23(16-18-8-3-1-4-9-18)25(35)28(37)31-20-13-14-20/h1-12,15,17,20,23H,13-14,16H2,(H,31,37)(H,32,36). The number of nitrogens with zero attached hydrogens (tertiary/aromatic N) is 3. The molecule has 0 bridgehead atoms. The second-order valence-electron chi connectivity index (χ2n) is 8.84. The molecule has 2 aromatic carbocycles. The fourth-order valence-corrected chi connectivity index (χ4v) is 3.95. The van der Waals surface area contributed by atoms with Crippen molar-refractivity contribution < 1.29 is 18.8 Å². The summed E-state index contributed by atoms with van der Waals surface area (Å²) in [6.07, 6.45) is 4.41. The van der Waals surface area contributed by atoms with E-state index in [9.17, 15) is 18.8 Å². The summed E-state index contributed by atoms with van der Waals surface area (Å²) >= 11 is 0. The molecule has 1 unspecified atom stereocenters. The first-order valence-electron chi connectivity index (χ1n) is 11.9. The number of amides is 2. The number of halogens is 1. The average Bonchev–Trinajstić information content (AvgIpc) is 3.66. The number of Topliss-reactive ketones (excluding diaryl/α,β-unsaturated/α-hetero) is 1. The van der Waals surface area contributed by atoms with Crippen LogP contribution in [0.25, 0.3) is 17.1 Å². The molecule has 8 nitrogen and oxygen atoms in total. The van der Waals surface area contributed by atoms with Crippen molar-refractivity contribution in [1.82, 2.24) is 25.4 Å². The molecule has 1 aliphatic carbocycles. The maximum Gasteiger partial charge on any atom is 0.289 e. The Morgan fingerprint density at radius 3 is 2.38 bits per heavy atom. The quantitative estimate of drug-likeness (QED) is 0.345. The second kappa shape index (κ2) is 10.5. The van der Waals surface area contributed by atoms with Crippen LogP contribution in [0.5, 0.6) is 0 Å². The van der Waals surface area contributed by atoms with Crippen molar-refractivity contribution in [2.45, 2.75) is 31.3 Å². The number of rotatable bonds is 9. The van der Waals surface area contributed by atoms with Crippen LogP contribution in [0, 0.1) is 5.82 Å². The van der Waals surface area contributed by atoms with E-state index in [2.05, 4.69) is 20.7 Å². The minimum absolute atomic E-state index is 0.00275. The van der Waals surface area contributed by atoms with E-state index in [-0.39, 0.29) is 29.5 Å². The van der Waals surface area contributed by atoms with Crippen molar-refractivity contribution in [3.05, 3.63) is 102 Å². The van der Waals surface area contributed by atoms with E-state index in [4.69, 9.17) is 0 Å². The van der Waals surface area contributed by atoms with Gasteiger partial charge in [0.1, 0.15) is 11.7 Å². The van der Waals surface area contributed by atoms with Gasteiger partial charge in [-0.1, -0.05) is 60.7 Å². The van der Waals surface area contributed by atoms with Gasteiger partial charge >= 0.3 is 0 Å². The van der Waals surface area contributed by atoms with Crippen molar-refractivity contribution in [1.29, 1.82) is 0 Å². The topological polar surface area (TPSA) is 106 Å². The number of aromatic nitrogens is 3. The third-order valence-electron chi connectivity index (χ3n) is 6.01. The normalized spacial score (nSPS) is 13.5. The summed E-state index contributed by atoms with van der Waals surface area (Å²) < 4.78 is 16.0. The van der Waals surface area contributed by atoms with Gasteiger partial charge in [0.25, 0.3) is 11.8 Å². The lowest BCUT2D eigenvalue weighted by molar-refractivity contribution is -0.139. The van der Waals surface area contributed by atoms with Crippen LogP contribution >= 0.6 is 0 Å². The number of nitrogens with one attached hydrogen (secondary N) is 2. The Morgan fingerprint density at radius 1 is 0.973 bits per heavy atom. The van der Waals surface area contributed by atoms with E-state index in [1.54, 1.807) is 30.3 Å². The number of pyridine rings is 1. The first-order chi connectivity index (χ1) is 18.0. The van der Waals surface area contributed by atoms with Crippen LogP contribution < -0.4 is 10.6 Å². The van der Waals surface area contributed by atoms with E-state index in [1.165, 1.54) is 16.9 Å². The van der Waals surface area contributed by atoms with Crippen molar-refractivity contribution in [3.8, 4) is 17.1 Å². The highest BCUT2D eigenvalue weighted by Crippen LogP contribution is 2.23. The molecule has 9 heteroatoms. The molecule has 0 spiro atoms. The summed E-state index contributed by atoms with van der Waals surface area (Å²) in [6.45, 7) is 0. The SMILES string of the molecule is O=C(NC1CC1)C(=O)C(Cc1ccccc1)NC(=O)c1cccnc1-n1cc(F)c(-c2ccccc2)n1. The monoisotopic (exact) mass is 497 g/mol. The molecule has 37 heavy (non-hydrogen) atoms. The Kier molecular flexibility index (Phi) is 6.85. The third kappa shape index (κ3) is 5.61. The first-order valence-corrected chi connectivity index (χ1v) is 11.9. The summed E-state index contributed by atoms with van der Waals surface area (Å²) in [6, 6.07) is 19.9. The highest BCUT2D eigenvalue weighted by atomic mass is 19.1. The van der Waals surface area contributed by atoms with Gasteiger partial charge in [-0.2, -0.15) is 5.10 Å². The zero-order valence-corrected chi connectivity index (χ0v) is 19.8. The number of hydrogen-bond donors (Lipinski definition) is 2. The fourth-order valence-electron chi connectivity index (χ4n) is 3.95. The molecule has 2 aromatic heterocycles. The van der Waals surface area contributed by atoms with E-state index in [0.717, 1.165) is 24.6 Å². The fraction of sp³-hybridized carbons (Fsp3) is 0.179. The summed E-state index contributed by atoms with van der Waals surface area (Å²) in [7, 11) is 0. The lowest BCUT2D eigenvalue weighted by Gasteiger charge is -2.18. The average molecular weight is 498 g/mol. The molecule has 2 amide bonds. The van der Waals surface area contributed by atoms with E-state index >= 15 is 0 Å². The van der Waals surface area contributed by atoms with Gasteiger partial charge in [0.2, 0.25) is 5.78 Å². The van der Waals surface area contributed by atoms with Crippen LogP contribution in [-0.4, -0.2) is 44.4 Å². The predicted molar refractivity (Wildman–Crippen MR) is 134 cm³/mol. The lowest BCUT2D eigenvalue weighted by Crippen LogP contribution is -2.49. The van der Waals surface area contributed by atoms with Crippen LogP contribution in [-0.2, 0) is 16.0 Å². The largest absolute Gasteiger partial charge is 0.347 e. The van der Waals surface area contributed by atoms with E-state index < -0.39 is 29.5 Å². The third-order valence-corrected chi connectivity index (χ3v) is 6.01.